The Morgan fingerprint density at radius 2 is 2.22 bits per heavy atom. The first-order valence-electron chi connectivity index (χ1n) is 6.56. The van der Waals surface area contributed by atoms with Gasteiger partial charge >= 0.3 is 0 Å². The molecule has 1 saturated heterocycles. The van der Waals surface area contributed by atoms with E-state index >= 15 is 0 Å². The van der Waals surface area contributed by atoms with E-state index in [0.717, 1.165) is 28.9 Å². The van der Waals surface area contributed by atoms with Crippen LogP contribution in [0.2, 0.25) is 0 Å². The van der Waals surface area contributed by atoms with Crippen LogP contribution in [0.4, 0.5) is 0 Å². The second-order valence-electron chi connectivity index (χ2n) is 4.98. The highest BCUT2D eigenvalue weighted by atomic mass is 79.9. The molecule has 0 aliphatic carbocycles. The lowest BCUT2D eigenvalue weighted by Crippen LogP contribution is -2.25. The highest BCUT2D eigenvalue weighted by Gasteiger charge is 2.24. The Morgan fingerprint density at radius 3 is 3.00 bits per heavy atom. The largest absolute Gasteiger partial charge is 0.486 e. The van der Waals surface area contributed by atoms with Gasteiger partial charge in [0.2, 0.25) is 0 Å². The summed E-state index contributed by atoms with van der Waals surface area (Å²) >= 11 is 3.62. The van der Waals surface area contributed by atoms with E-state index < -0.39 is 0 Å². The molecule has 0 saturated carbocycles. The summed E-state index contributed by atoms with van der Waals surface area (Å²) in [5.41, 5.74) is 2.56. The number of benzene rings is 1. The first-order valence-corrected chi connectivity index (χ1v) is 7.36. The van der Waals surface area contributed by atoms with Gasteiger partial charge in [0, 0.05) is 16.1 Å². The average Bonchev–Trinajstić information content (AvgIpc) is 2.88. The second-order valence-corrected chi connectivity index (χ2v) is 5.84. The fourth-order valence-electron chi connectivity index (χ4n) is 2.74. The van der Waals surface area contributed by atoms with Crippen molar-refractivity contribution >= 4 is 15.9 Å². The predicted molar refractivity (Wildman–Crippen MR) is 74.6 cm³/mol. The van der Waals surface area contributed by atoms with Crippen molar-refractivity contribution in [1.82, 2.24) is 5.32 Å². The molecule has 1 aromatic rings. The second kappa shape index (κ2) is 5.10. The lowest BCUT2D eigenvalue weighted by molar-refractivity contribution is 0.169. The molecule has 0 aromatic heterocycles. The molecule has 0 radical (unpaired) electrons. The van der Waals surface area contributed by atoms with Crippen LogP contribution in [0.5, 0.6) is 11.5 Å². The molecular weight excluding hydrogens is 294 g/mol. The number of hydrogen-bond acceptors (Lipinski definition) is 3. The quantitative estimate of drug-likeness (QED) is 0.911. The topological polar surface area (TPSA) is 30.5 Å². The normalized spacial score (nSPS) is 22.2. The van der Waals surface area contributed by atoms with E-state index in [2.05, 4.69) is 28.2 Å². The van der Waals surface area contributed by atoms with Crippen molar-refractivity contribution in [3.8, 4) is 11.5 Å². The van der Waals surface area contributed by atoms with Crippen molar-refractivity contribution in [3.05, 3.63) is 21.7 Å². The van der Waals surface area contributed by atoms with E-state index in [1.54, 1.807) is 0 Å². The molecule has 0 bridgehead atoms. The molecule has 0 spiro atoms. The van der Waals surface area contributed by atoms with Crippen LogP contribution in [-0.2, 0) is 6.42 Å². The van der Waals surface area contributed by atoms with Gasteiger partial charge in [0.05, 0.1) is 0 Å². The molecule has 1 atom stereocenters. The smallest absolute Gasteiger partial charge is 0.164 e. The van der Waals surface area contributed by atoms with Crippen LogP contribution in [0.15, 0.2) is 10.5 Å². The van der Waals surface area contributed by atoms with E-state index in [9.17, 15) is 0 Å². The molecule has 2 heterocycles. The lowest BCUT2D eigenvalue weighted by atomic mass is 9.98. The summed E-state index contributed by atoms with van der Waals surface area (Å²) < 4.78 is 12.6. The molecule has 1 unspecified atom stereocenters. The minimum Gasteiger partial charge on any atom is -0.486 e. The van der Waals surface area contributed by atoms with Crippen molar-refractivity contribution in [1.29, 1.82) is 0 Å². The van der Waals surface area contributed by atoms with Crippen molar-refractivity contribution in [2.45, 2.75) is 32.2 Å². The zero-order valence-corrected chi connectivity index (χ0v) is 12.2. The van der Waals surface area contributed by atoms with Gasteiger partial charge in [-0.05, 0) is 44.4 Å². The molecule has 3 rings (SSSR count). The van der Waals surface area contributed by atoms with Crippen LogP contribution in [0.25, 0.3) is 0 Å². The summed E-state index contributed by atoms with van der Waals surface area (Å²) in [5, 5.41) is 3.55. The van der Waals surface area contributed by atoms with Crippen molar-refractivity contribution in [2.75, 3.05) is 19.8 Å². The van der Waals surface area contributed by atoms with Gasteiger partial charge in [0.25, 0.3) is 0 Å². The standard InChI is InChI=1S/C14H18BrNO2/c1-9-11(7-10-3-2-4-16-10)14-13(8-12(9)15)17-5-6-18-14/h8,10,16H,2-7H2,1H3. The maximum Gasteiger partial charge on any atom is 0.164 e. The predicted octanol–water partition coefficient (Wildman–Crippen LogP) is 2.82. The van der Waals surface area contributed by atoms with E-state index in [1.807, 2.05) is 6.07 Å². The van der Waals surface area contributed by atoms with Crippen LogP contribution in [0, 0.1) is 6.92 Å². The van der Waals surface area contributed by atoms with Crippen LogP contribution < -0.4 is 14.8 Å². The first kappa shape index (κ1) is 12.3. The first-order chi connectivity index (χ1) is 8.75. The summed E-state index contributed by atoms with van der Waals surface area (Å²) in [6.07, 6.45) is 3.55. The minimum atomic E-state index is 0.577. The molecular formula is C14H18BrNO2. The lowest BCUT2D eigenvalue weighted by Gasteiger charge is -2.24. The number of nitrogens with one attached hydrogen (secondary N) is 1. The molecule has 18 heavy (non-hydrogen) atoms. The van der Waals surface area contributed by atoms with E-state index in [-0.39, 0.29) is 0 Å². The Balaban J connectivity index is 1.97. The van der Waals surface area contributed by atoms with Gasteiger partial charge in [0.15, 0.2) is 11.5 Å². The zero-order valence-electron chi connectivity index (χ0n) is 10.6. The van der Waals surface area contributed by atoms with Crippen LogP contribution >= 0.6 is 15.9 Å². The summed E-state index contributed by atoms with van der Waals surface area (Å²) in [6.45, 7) is 4.58. The zero-order chi connectivity index (χ0) is 12.5. The monoisotopic (exact) mass is 311 g/mol. The van der Waals surface area contributed by atoms with E-state index in [1.165, 1.54) is 24.0 Å². The van der Waals surface area contributed by atoms with Gasteiger partial charge in [-0.25, -0.2) is 0 Å². The Labute approximate surface area is 116 Å². The summed E-state index contributed by atoms with van der Waals surface area (Å²) in [4.78, 5) is 0. The Kier molecular flexibility index (Phi) is 3.48. The number of hydrogen-bond donors (Lipinski definition) is 1. The highest BCUT2D eigenvalue weighted by molar-refractivity contribution is 9.10. The summed E-state index contributed by atoms with van der Waals surface area (Å²) in [6, 6.07) is 2.60. The molecule has 0 amide bonds. The molecule has 1 N–H and O–H groups in total. The fraction of sp³-hybridized carbons (Fsp3) is 0.571. The van der Waals surface area contributed by atoms with Crippen molar-refractivity contribution < 1.29 is 9.47 Å². The number of ether oxygens (including phenoxy) is 2. The van der Waals surface area contributed by atoms with Gasteiger partial charge < -0.3 is 14.8 Å². The van der Waals surface area contributed by atoms with Crippen molar-refractivity contribution in [3.63, 3.8) is 0 Å². The van der Waals surface area contributed by atoms with Gasteiger partial charge in [0.1, 0.15) is 13.2 Å². The van der Waals surface area contributed by atoms with Gasteiger partial charge in [-0.3, -0.25) is 0 Å². The third-order valence-electron chi connectivity index (χ3n) is 3.77. The Bertz CT molecular complexity index is 456. The molecule has 4 heteroatoms. The summed E-state index contributed by atoms with van der Waals surface area (Å²) in [5.74, 6) is 1.84. The third kappa shape index (κ3) is 2.24. The molecule has 1 aromatic carbocycles. The molecule has 98 valence electrons. The van der Waals surface area contributed by atoms with E-state index in [0.29, 0.717) is 19.3 Å². The Morgan fingerprint density at radius 1 is 1.39 bits per heavy atom. The number of fused-ring (bicyclic) bond motifs is 1. The van der Waals surface area contributed by atoms with Crippen molar-refractivity contribution in [2.24, 2.45) is 0 Å². The fourth-order valence-corrected chi connectivity index (χ4v) is 3.18. The van der Waals surface area contributed by atoms with Gasteiger partial charge in [-0.2, -0.15) is 0 Å². The average molecular weight is 312 g/mol. The Hall–Kier alpha value is -0.740. The van der Waals surface area contributed by atoms with Crippen LogP contribution in [0.3, 0.4) is 0 Å². The molecule has 2 aliphatic rings. The minimum absolute atomic E-state index is 0.577. The molecule has 2 aliphatic heterocycles. The van der Waals surface area contributed by atoms with Crippen LogP contribution in [-0.4, -0.2) is 25.8 Å². The third-order valence-corrected chi connectivity index (χ3v) is 4.59. The molecule has 1 fully saturated rings. The maximum absolute atomic E-state index is 5.83. The maximum atomic E-state index is 5.83. The van der Waals surface area contributed by atoms with Crippen LogP contribution in [0.1, 0.15) is 24.0 Å². The van der Waals surface area contributed by atoms with Gasteiger partial charge in [-0.15, -0.1) is 0 Å². The highest BCUT2D eigenvalue weighted by Crippen LogP contribution is 2.40. The SMILES string of the molecule is Cc1c(Br)cc2c(c1CC1CCCN1)OCCO2. The number of rotatable bonds is 2. The van der Waals surface area contributed by atoms with E-state index in [4.69, 9.17) is 9.47 Å². The number of halogens is 1. The summed E-state index contributed by atoms with van der Waals surface area (Å²) in [7, 11) is 0. The van der Waals surface area contributed by atoms with Gasteiger partial charge in [-0.1, -0.05) is 15.9 Å². The molecule has 3 nitrogen and oxygen atoms in total.